The van der Waals surface area contributed by atoms with Gasteiger partial charge in [-0.2, -0.15) is 0 Å². The number of hydrogen-bond acceptors (Lipinski definition) is 1. The Morgan fingerprint density at radius 3 is 2.50 bits per heavy atom. The van der Waals surface area contributed by atoms with E-state index in [1.165, 1.54) is 5.56 Å². The molecule has 1 heterocycles. The number of furan rings is 1. The molecule has 1 aromatic heterocycles. The van der Waals surface area contributed by atoms with Crippen LogP contribution in [-0.2, 0) is 6.42 Å². The number of rotatable bonds is 4. The number of benzene rings is 2. The van der Waals surface area contributed by atoms with E-state index < -0.39 is 0 Å². The summed E-state index contributed by atoms with van der Waals surface area (Å²) in [5.74, 6) is 0.985. The van der Waals surface area contributed by atoms with Crippen LogP contribution in [0.2, 0.25) is 0 Å². The highest BCUT2D eigenvalue weighted by molar-refractivity contribution is 5.77. The number of para-hydroxylation sites is 1. The van der Waals surface area contributed by atoms with Crippen molar-refractivity contribution in [2.24, 2.45) is 0 Å². The molecule has 0 aliphatic heterocycles. The summed E-state index contributed by atoms with van der Waals surface area (Å²) in [6.45, 7) is 3.83. The van der Waals surface area contributed by atoms with E-state index in [4.69, 9.17) is 4.42 Å². The van der Waals surface area contributed by atoms with Gasteiger partial charge in [0, 0.05) is 11.8 Å². The Morgan fingerprint density at radius 1 is 0.950 bits per heavy atom. The molecule has 20 heavy (non-hydrogen) atoms. The number of hydrogen-bond donors (Lipinski definition) is 0. The van der Waals surface area contributed by atoms with E-state index in [1.54, 1.807) is 0 Å². The Bertz CT molecular complexity index is 729. The molecule has 0 spiro atoms. The van der Waals surface area contributed by atoms with Gasteiger partial charge in [-0.05, 0) is 23.3 Å². The van der Waals surface area contributed by atoms with Crippen molar-refractivity contribution in [2.45, 2.75) is 6.42 Å². The second-order valence-corrected chi connectivity index (χ2v) is 4.69. The maximum Gasteiger partial charge on any atom is 0.134 e. The molecule has 3 rings (SSSR count). The molecule has 0 atom stereocenters. The van der Waals surface area contributed by atoms with Crippen LogP contribution in [0.3, 0.4) is 0 Å². The molecule has 0 radical (unpaired) electrons. The van der Waals surface area contributed by atoms with Crippen LogP contribution in [0.4, 0.5) is 0 Å². The van der Waals surface area contributed by atoms with Crippen molar-refractivity contribution in [3.05, 3.63) is 84.1 Å². The average molecular weight is 260 g/mol. The normalized spacial score (nSPS) is 11.2. The maximum absolute atomic E-state index is 5.79. The molecule has 0 saturated heterocycles. The summed E-state index contributed by atoms with van der Waals surface area (Å²) in [6, 6.07) is 18.4. The predicted molar refractivity (Wildman–Crippen MR) is 85.5 cm³/mol. The zero-order valence-electron chi connectivity index (χ0n) is 11.3. The van der Waals surface area contributed by atoms with Gasteiger partial charge in [-0.1, -0.05) is 67.3 Å². The minimum atomic E-state index is 0.792. The molecule has 0 bridgehead atoms. The van der Waals surface area contributed by atoms with Crippen LogP contribution in [0.5, 0.6) is 0 Å². The van der Waals surface area contributed by atoms with Crippen LogP contribution in [-0.4, -0.2) is 0 Å². The zero-order chi connectivity index (χ0) is 13.8. The Kier molecular flexibility index (Phi) is 3.51. The van der Waals surface area contributed by atoms with Crippen molar-refractivity contribution >= 4 is 23.1 Å². The fourth-order valence-corrected chi connectivity index (χ4v) is 2.29. The van der Waals surface area contributed by atoms with Gasteiger partial charge in [-0.25, -0.2) is 0 Å². The van der Waals surface area contributed by atoms with Crippen LogP contribution >= 0.6 is 0 Å². The maximum atomic E-state index is 5.79. The van der Waals surface area contributed by atoms with Gasteiger partial charge >= 0.3 is 0 Å². The molecule has 0 aliphatic rings. The highest BCUT2D eigenvalue weighted by Crippen LogP contribution is 2.20. The van der Waals surface area contributed by atoms with E-state index in [0.29, 0.717) is 0 Å². The molecule has 0 fully saturated rings. The molecule has 1 heteroatoms. The minimum Gasteiger partial charge on any atom is -0.461 e. The van der Waals surface area contributed by atoms with Gasteiger partial charge in [-0.3, -0.25) is 0 Å². The highest BCUT2D eigenvalue weighted by atomic mass is 16.3. The lowest BCUT2D eigenvalue weighted by atomic mass is 10.1. The molecule has 0 saturated carbocycles. The van der Waals surface area contributed by atoms with E-state index >= 15 is 0 Å². The first-order valence-electron chi connectivity index (χ1n) is 6.72. The minimum absolute atomic E-state index is 0.792. The van der Waals surface area contributed by atoms with Crippen LogP contribution in [0, 0.1) is 0 Å². The summed E-state index contributed by atoms with van der Waals surface area (Å²) >= 11 is 0. The Morgan fingerprint density at radius 2 is 1.70 bits per heavy atom. The molecule has 0 N–H and O–H groups in total. The Hall–Kier alpha value is -2.54. The number of fused-ring (bicyclic) bond motifs is 1. The summed E-state index contributed by atoms with van der Waals surface area (Å²) in [4.78, 5) is 0. The van der Waals surface area contributed by atoms with E-state index in [0.717, 1.165) is 28.7 Å². The van der Waals surface area contributed by atoms with Gasteiger partial charge < -0.3 is 4.42 Å². The summed E-state index contributed by atoms with van der Waals surface area (Å²) < 4.78 is 5.79. The first-order chi connectivity index (χ1) is 9.86. The second kappa shape index (κ2) is 5.62. The third-order valence-corrected chi connectivity index (χ3v) is 3.31. The SMILES string of the molecule is C=Cc1ccccc1/C=C/Cc1cc2ccccc2o1. The fraction of sp³-hybridized carbons (Fsp3) is 0.0526. The third kappa shape index (κ3) is 2.57. The molecular weight excluding hydrogens is 244 g/mol. The third-order valence-electron chi connectivity index (χ3n) is 3.31. The van der Waals surface area contributed by atoms with Crippen molar-refractivity contribution in [3.63, 3.8) is 0 Å². The van der Waals surface area contributed by atoms with Crippen molar-refractivity contribution in [3.8, 4) is 0 Å². The topological polar surface area (TPSA) is 13.1 Å². The lowest BCUT2D eigenvalue weighted by molar-refractivity contribution is 0.565. The smallest absolute Gasteiger partial charge is 0.134 e. The van der Waals surface area contributed by atoms with Gasteiger partial charge in [0.25, 0.3) is 0 Å². The Balaban J connectivity index is 1.78. The van der Waals surface area contributed by atoms with Crippen molar-refractivity contribution in [2.75, 3.05) is 0 Å². The van der Waals surface area contributed by atoms with E-state index in [-0.39, 0.29) is 0 Å². The summed E-state index contributed by atoms with van der Waals surface area (Å²) in [5, 5.41) is 1.15. The Labute approximate surface area is 118 Å². The standard InChI is InChI=1S/C19H16O/c1-2-15-8-3-4-9-16(15)11-7-12-18-14-17-10-5-6-13-19(17)20-18/h2-11,13-14H,1,12H2/b11-7+. The van der Waals surface area contributed by atoms with Gasteiger partial charge in [0.2, 0.25) is 0 Å². The van der Waals surface area contributed by atoms with E-state index in [2.05, 4.69) is 43.0 Å². The quantitative estimate of drug-likeness (QED) is 0.617. The molecule has 98 valence electrons. The van der Waals surface area contributed by atoms with Crippen LogP contribution in [0.25, 0.3) is 23.1 Å². The molecule has 0 amide bonds. The van der Waals surface area contributed by atoms with E-state index in [1.807, 2.05) is 36.4 Å². The van der Waals surface area contributed by atoms with Crippen molar-refractivity contribution in [1.29, 1.82) is 0 Å². The highest BCUT2D eigenvalue weighted by Gasteiger charge is 2.00. The van der Waals surface area contributed by atoms with Gasteiger partial charge in [-0.15, -0.1) is 0 Å². The first-order valence-corrected chi connectivity index (χ1v) is 6.72. The van der Waals surface area contributed by atoms with Crippen molar-refractivity contribution in [1.82, 2.24) is 0 Å². The second-order valence-electron chi connectivity index (χ2n) is 4.69. The zero-order valence-corrected chi connectivity index (χ0v) is 11.3. The molecular formula is C19H16O. The average Bonchev–Trinajstić information content (AvgIpc) is 2.90. The summed E-state index contributed by atoms with van der Waals surface area (Å²) in [6.07, 6.45) is 6.91. The predicted octanol–water partition coefficient (Wildman–Crippen LogP) is 5.33. The van der Waals surface area contributed by atoms with E-state index in [9.17, 15) is 0 Å². The van der Waals surface area contributed by atoms with Gasteiger partial charge in [0.05, 0.1) is 0 Å². The summed E-state index contributed by atoms with van der Waals surface area (Å²) in [7, 11) is 0. The monoisotopic (exact) mass is 260 g/mol. The lowest BCUT2D eigenvalue weighted by Gasteiger charge is -1.98. The van der Waals surface area contributed by atoms with Gasteiger partial charge in [0.15, 0.2) is 0 Å². The van der Waals surface area contributed by atoms with Gasteiger partial charge in [0.1, 0.15) is 11.3 Å². The van der Waals surface area contributed by atoms with Crippen LogP contribution < -0.4 is 0 Å². The van der Waals surface area contributed by atoms with Crippen molar-refractivity contribution < 1.29 is 4.42 Å². The molecule has 3 aromatic rings. The van der Waals surface area contributed by atoms with Crippen LogP contribution in [0.1, 0.15) is 16.9 Å². The molecule has 0 unspecified atom stereocenters. The fourth-order valence-electron chi connectivity index (χ4n) is 2.29. The first kappa shape index (κ1) is 12.5. The number of allylic oxidation sites excluding steroid dienone is 1. The molecule has 0 aliphatic carbocycles. The summed E-state index contributed by atoms with van der Waals surface area (Å²) in [5.41, 5.74) is 3.27. The molecule has 2 aromatic carbocycles. The van der Waals surface area contributed by atoms with Crippen LogP contribution in [0.15, 0.2) is 71.7 Å². The lowest BCUT2D eigenvalue weighted by Crippen LogP contribution is -1.79. The largest absolute Gasteiger partial charge is 0.461 e. The molecule has 1 nitrogen and oxygen atoms in total.